The van der Waals surface area contributed by atoms with Crippen LogP contribution in [0.3, 0.4) is 0 Å². The van der Waals surface area contributed by atoms with Crippen LogP contribution in [0.2, 0.25) is 0 Å². The zero-order valence-electron chi connectivity index (χ0n) is 12.5. The van der Waals surface area contributed by atoms with E-state index < -0.39 is 11.9 Å². The van der Waals surface area contributed by atoms with E-state index in [0.29, 0.717) is 18.9 Å². The third kappa shape index (κ3) is 3.51. The standard InChI is InChI=1S/C15H20FNO4/c1-10(2)17(15(18)14-9-20-6-7-21-14)11-4-5-13(19-3)12(16)8-11/h4-5,8,10,14H,6-7,9H2,1-3H3. The van der Waals surface area contributed by atoms with Crippen LogP contribution in [0, 0.1) is 5.82 Å². The van der Waals surface area contributed by atoms with Crippen LogP contribution in [0.1, 0.15) is 13.8 Å². The van der Waals surface area contributed by atoms with Crippen LogP contribution in [0.5, 0.6) is 5.75 Å². The first-order chi connectivity index (χ1) is 10.0. The second-order valence-electron chi connectivity index (χ2n) is 5.06. The van der Waals surface area contributed by atoms with Crippen molar-refractivity contribution in [3.63, 3.8) is 0 Å². The predicted octanol–water partition coefficient (Wildman–Crippen LogP) is 1.99. The van der Waals surface area contributed by atoms with Gasteiger partial charge in [-0.15, -0.1) is 0 Å². The summed E-state index contributed by atoms with van der Waals surface area (Å²) in [5.74, 6) is -0.587. The van der Waals surface area contributed by atoms with Crippen molar-refractivity contribution >= 4 is 11.6 Å². The summed E-state index contributed by atoms with van der Waals surface area (Å²) in [7, 11) is 1.40. The minimum Gasteiger partial charge on any atom is -0.494 e. The number of amides is 1. The molecule has 0 aromatic heterocycles. The molecule has 0 bridgehead atoms. The molecule has 1 heterocycles. The van der Waals surface area contributed by atoms with Gasteiger partial charge in [-0.2, -0.15) is 0 Å². The van der Waals surface area contributed by atoms with Crippen LogP contribution < -0.4 is 9.64 Å². The molecule has 0 radical (unpaired) electrons. The highest BCUT2D eigenvalue weighted by molar-refractivity contribution is 5.97. The summed E-state index contributed by atoms with van der Waals surface area (Å²) in [5.41, 5.74) is 0.475. The zero-order valence-corrected chi connectivity index (χ0v) is 12.5. The number of anilines is 1. The Morgan fingerprint density at radius 2 is 2.19 bits per heavy atom. The summed E-state index contributed by atoms with van der Waals surface area (Å²) >= 11 is 0. The Labute approximate surface area is 123 Å². The minimum atomic E-state index is -0.647. The van der Waals surface area contributed by atoms with Crippen LogP contribution in [0.15, 0.2) is 18.2 Å². The van der Waals surface area contributed by atoms with Crippen LogP contribution >= 0.6 is 0 Å². The van der Waals surface area contributed by atoms with Crippen molar-refractivity contribution in [2.75, 3.05) is 31.8 Å². The highest BCUT2D eigenvalue weighted by atomic mass is 19.1. The van der Waals surface area contributed by atoms with E-state index in [1.807, 2.05) is 13.8 Å². The predicted molar refractivity (Wildman–Crippen MR) is 76.1 cm³/mol. The van der Waals surface area contributed by atoms with Gasteiger partial charge >= 0.3 is 0 Å². The van der Waals surface area contributed by atoms with Crippen molar-refractivity contribution < 1.29 is 23.4 Å². The Bertz CT molecular complexity index is 500. The number of hydrogen-bond donors (Lipinski definition) is 0. The van der Waals surface area contributed by atoms with Crippen LogP contribution in [0.25, 0.3) is 0 Å². The molecule has 5 nitrogen and oxygen atoms in total. The molecule has 0 spiro atoms. The molecule has 1 unspecified atom stereocenters. The molecule has 1 aromatic carbocycles. The fourth-order valence-electron chi connectivity index (χ4n) is 2.27. The molecule has 1 amide bonds. The van der Waals surface area contributed by atoms with Gasteiger partial charge in [0.2, 0.25) is 0 Å². The van der Waals surface area contributed by atoms with Crippen molar-refractivity contribution in [2.24, 2.45) is 0 Å². The highest BCUT2D eigenvalue weighted by Crippen LogP contribution is 2.26. The smallest absolute Gasteiger partial charge is 0.258 e. The second-order valence-corrected chi connectivity index (χ2v) is 5.06. The topological polar surface area (TPSA) is 48.0 Å². The summed E-state index contributed by atoms with van der Waals surface area (Å²) in [6.45, 7) is 4.83. The molecule has 1 atom stereocenters. The van der Waals surface area contributed by atoms with Crippen LogP contribution in [-0.2, 0) is 14.3 Å². The van der Waals surface area contributed by atoms with E-state index in [1.165, 1.54) is 24.1 Å². The lowest BCUT2D eigenvalue weighted by atomic mass is 10.2. The van der Waals surface area contributed by atoms with Gasteiger partial charge in [0.25, 0.3) is 5.91 Å². The molecule has 0 aliphatic carbocycles. The molecule has 1 saturated heterocycles. The third-order valence-electron chi connectivity index (χ3n) is 3.26. The van der Waals surface area contributed by atoms with Crippen molar-refractivity contribution in [2.45, 2.75) is 26.0 Å². The number of nitrogens with zero attached hydrogens (tertiary/aromatic N) is 1. The fourth-order valence-corrected chi connectivity index (χ4v) is 2.27. The monoisotopic (exact) mass is 297 g/mol. The Hall–Kier alpha value is -1.66. The maximum atomic E-state index is 13.9. The average molecular weight is 297 g/mol. The van der Waals surface area contributed by atoms with Gasteiger partial charge in [-0.3, -0.25) is 4.79 Å². The lowest BCUT2D eigenvalue weighted by Gasteiger charge is -2.32. The van der Waals surface area contributed by atoms with E-state index in [0.717, 1.165) is 0 Å². The van der Waals surface area contributed by atoms with Crippen molar-refractivity contribution in [3.05, 3.63) is 24.0 Å². The molecule has 0 N–H and O–H groups in total. The zero-order chi connectivity index (χ0) is 15.4. The van der Waals surface area contributed by atoms with Gasteiger partial charge in [0, 0.05) is 17.8 Å². The van der Waals surface area contributed by atoms with Gasteiger partial charge in [-0.25, -0.2) is 4.39 Å². The summed E-state index contributed by atoms with van der Waals surface area (Å²) in [5, 5.41) is 0. The van der Waals surface area contributed by atoms with E-state index >= 15 is 0 Å². The largest absolute Gasteiger partial charge is 0.494 e. The number of carbonyl (C=O) groups excluding carboxylic acids is 1. The van der Waals surface area contributed by atoms with Crippen LogP contribution in [0.4, 0.5) is 10.1 Å². The van der Waals surface area contributed by atoms with Gasteiger partial charge in [-0.1, -0.05) is 0 Å². The number of halogens is 1. The molecule has 21 heavy (non-hydrogen) atoms. The molecule has 1 aliphatic heterocycles. The number of methoxy groups -OCH3 is 1. The number of carbonyl (C=O) groups is 1. The van der Waals surface area contributed by atoms with Gasteiger partial charge < -0.3 is 19.1 Å². The number of benzene rings is 1. The third-order valence-corrected chi connectivity index (χ3v) is 3.26. The summed E-state index contributed by atoms with van der Waals surface area (Å²) < 4.78 is 29.5. The Morgan fingerprint density at radius 3 is 2.71 bits per heavy atom. The van der Waals surface area contributed by atoms with E-state index in [9.17, 15) is 9.18 Å². The van der Waals surface area contributed by atoms with Gasteiger partial charge in [0.1, 0.15) is 0 Å². The van der Waals surface area contributed by atoms with Gasteiger partial charge in [0.05, 0.1) is 26.9 Å². The fraction of sp³-hybridized carbons (Fsp3) is 0.533. The first kappa shape index (κ1) is 15.7. The first-order valence-corrected chi connectivity index (χ1v) is 6.90. The molecular weight excluding hydrogens is 277 g/mol. The molecule has 0 saturated carbocycles. The van der Waals surface area contributed by atoms with Crippen molar-refractivity contribution in [1.82, 2.24) is 0 Å². The summed E-state index contributed by atoms with van der Waals surface area (Å²) in [6.07, 6.45) is -0.647. The normalized spacial score (nSPS) is 18.6. The van der Waals surface area contributed by atoms with Crippen molar-refractivity contribution in [1.29, 1.82) is 0 Å². The average Bonchev–Trinajstić information content (AvgIpc) is 2.48. The number of hydrogen-bond acceptors (Lipinski definition) is 4. The Balaban J connectivity index is 2.25. The molecule has 1 fully saturated rings. The SMILES string of the molecule is COc1ccc(N(C(=O)C2COCCO2)C(C)C)cc1F. The molecule has 2 rings (SSSR count). The molecule has 116 valence electrons. The van der Waals surface area contributed by atoms with Gasteiger partial charge in [0.15, 0.2) is 17.7 Å². The lowest BCUT2D eigenvalue weighted by molar-refractivity contribution is -0.145. The van der Waals surface area contributed by atoms with E-state index in [-0.39, 0.29) is 24.3 Å². The lowest BCUT2D eigenvalue weighted by Crippen LogP contribution is -2.48. The van der Waals surface area contributed by atoms with E-state index in [1.54, 1.807) is 6.07 Å². The second kappa shape index (κ2) is 6.87. The molecule has 6 heteroatoms. The minimum absolute atomic E-state index is 0.129. The van der Waals surface area contributed by atoms with Gasteiger partial charge in [-0.05, 0) is 26.0 Å². The quantitative estimate of drug-likeness (QED) is 0.853. The maximum absolute atomic E-state index is 13.9. The Morgan fingerprint density at radius 1 is 1.43 bits per heavy atom. The van der Waals surface area contributed by atoms with E-state index in [4.69, 9.17) is 14.2 Å². The number of rotatable bonds is 4. The first-order valence-electron chi connectivity index (χ1n) is 6.90. The molecule has 1 aromatic rings. The maximum Gasteiger partial charge on any atom is 0.258 e. The number of ether oxygens (including phenoxy) is 3. The summed E-state index contributed by atoms with van der Waals surface area (Å²) in [6, 6.07) is 4.32. The molecule has 1 aliphatic rings. The Kier molecular flexibility index (Phi) is 5.14. The van der Waals surface area contributed by atoms with E-state index in [2.05, 4.69) is 0 Å². The van der Waals surface area contributed by atoms with Crippen molar-refractivity contribution in [3.8, 4) is 5.75 Å². The highest BCUT2D eigenvalue weighted by Gasteiger charge is 2.30. The molecular formula is C15H20FNO4. The van der Waals surface area contributed by atoms with Crippen LogP contribution in [-0.4, -0.2) is 45.0 Å². The summed E-state index contributed by atoms with van der Waals surface area (Å²) in [4.78, 5) is 14.1.